The Labute approximate surface area is 123 Å². The highest BCUT2D eigenvalue weighted by molar-refractivity contribution is 9.10. The lowest BCUT2D eigenvalue weighted by atomic mass is 10.1. The number of aromatic hydroxyl groups is 3. The molecule has 0 bridgehead atoms. The van der Waals surface area contributed by atoms with Crippen molar-refractivity contribution < 1.29 is 15.3 Å². The monoisotopic (exact) mass is 343 g/mol. The van der Waals surface area contributed by atoms with Gasteiger partial charge in [-0.25, -0.2) is 0 Å². The van der Waals surface area contributed by atoms with Crippen LogP contribution in [0.25, 0.3) is 0 Å². The van der Waals surface area contributed by atoms with Gasteiger partial charge in [-0.15, -0.1) is 0 Å². The minimum absolute atomic E-state index is 0.299. The molecule has 0 unspecified atom stereocenters. The third kappa shape index (κ3) is 3.05. The van der Waals surface area contributed by atoms with E-state index in [-0.39, 0.29) is 11.5 Å². The van der Waals surface area contributed by atoms with Gasteiger partial charge in [0.1, 0.15) is 0 Å². The first-order valence-corrected chi connectivity index (χ1v) is 6.58. The maximum absolute atomic E-state index is 9.67. The molecule has 0 amide bonds. The Morgan fingerprint density at radius 3 is 2.47 bits per heavy atom. The first-order chi connectivity index (χ1) is 8.99. The number of rotatable bonds is 3. The standard InChI is InChI=1S/C13H11BrClNO3/c14-9-5-8(2-3-10(9)15)16-6-7-1-4-11(17)13(19)12(7)18/h1-5,16-19H,6H2. The molecule has 100 valence electrons. The first kappa shape index (κ1) is 13.8. The first-order valence-electron chi connectivity index (χ1n) is 5.40. The van der Waals surface area contributed by atoms with E-state index < -0.39 is 5.75 Å². The van der Waals surface area contributed by atoms with Crippen LogP contribution in [0.15, 0.2) is 34.8 Å². The summed E-state index contributed by atoms with van der Waals surface area (Å²) in [6.45, 7) is 0.299. The van der Waals surface area contributed by atoms with Gasteiger partial charge in [-0.2, -0.15) is 0 Å². The van der Waals surface area contributed by atoms with Crippen LogP contribution in [0.5, 0.6) is 17.2 Å². The van der Waals surface area contributed by atoms with Crippen molar-refractivity contribution in [3.05, 3.63) is 45.4 Å². The maximum Gasteiger partial charge on any atom is 0.200 e. The average Bonchev–Trinajstić information content (AvgIpc) is 2.39. The van der Waals surface area contributed by atoms with Gasteiger partial charge in [0, 0.05) is 22.3 Å². The number of anilines is 1. The van der Waals surface area contributed by atoms with Crippen molar-refractivity contribution in [3.8, 4) is 17.2 Å². The summed E-state index contributed by atoms with van der Waals surface area (Å²) in [5.41, 5.74) is 1.28. The summed E-state index contributed by atoms with van der Waals surface area (Å²) < 4.78 is 0.761. The third-order valence-electron chi connectivity index (χ3n) is 2.62. The predicted octanol–water partition coefficient (Wildman–Crippen LogP) is 3.83. The molecule has 0 saturated carbocycles. The molecule has 2 rings (SSSR count). The maximum atomic E-state index is 9.67. The quantitative estimate of drug-likeness (QED) is 0.639. The Morgan fingerprint density at radius 2 is 1.79 bits per heavy atom. The molecule has 0 aliphatic carbocycles. The summed E-state index contributed by atoms with van der Waals surface area (Å²) in [4.78, 5) is 0. The van der Waals surface area contributed by atoms with E-state index in [1.54, 1.807) is 18.2 Å². The van der Waals surface area contributed by atoms with Crippen LogP contribution in [0.1, 0.15) is 5.56 Å². The Bertz CT molecular complexity index is 619. The van der Waals surface area contributed by atoms with Crippen LogP contribution in [-0.2, 0) is 6.54 Å². The van der Waals surface area contributed by atoms with Crippen molar-refractivity contribution in [1.29, 1.82) is 0 Å². The van der Waals surface area contributed by atoms with Crippen molar-refractivity contribution in [2.45, 2.75) is 6.54 Å². The van der Waals surface area contributed by atoms with E-state index in [1.807, 2.05) is 0 Å². The second kappa shape index (κ2) is 5.59. The molecular weight excluding hydrogens is 334 g/mol. The minimum atomic E-state index is -0.517. The van der Waals surface area contributed by atoms with E-state index in [4.69, 9.17) is 11.6 Å². The zero-order valence-electron chi connectivity index (χ0n) is 9.69. The van der Waals surface area contributed by atoms with Crippen molar-refractivity contribution in [3.63, 3.8) is 0 Å². The highest BCUT2D eigenvalue weighted by Gasteiger charge is 2.10. The van der Waals surface area contributed by atoms with Gasteiger partial charge in [-0.05, 0) is 46.3 Å². The van der Waals surface area contributed by atoms with Gasteiger partial charge in [0.25, 0.3) is 0 Å². The van der Waals surface area contributed by atoms with Crippen LogP contribution in [0.2, 0.25) is 5.02 Å². The van der Waals surface area contributed by atoms with Gasteiger partial charge in [-0.1, -0.05) is 11.6 Å². The molecule has 0 aliphatic heterocycles. The number of benzene rings is 2. The molecule has 2 aromatic carbocycles. The number of hydrogen-bond donors (Lipinski definition) is 4. The zero-order valence-corrected chi connectivity index (χ0v) is 12.0. The molecule has 0 radical (unpaired) electrons. The lowest BCUT2D eigenvalue weighted by Gasteiger charge is -2.10. The van der Waals surface area contributed by atoms with Gasteiger partial charge in [-0.3, -0.25) is 0 Å². The largest absolute Gasteiger partial charge is 0.504 e. The van der Waals surface area contributed by atoms with Crippen molar-refractivity contribution in [2.75, 3.05) is 5.32 Å². The molecule has 2 aromatic rings. The van der Waals surface area contributed by atoms with Gasteiger partial charge < -0.3 is 20.6 Å². The molecule has 0 heterocycles. The van der Waals surface area contributed by atoms with E-state index in [0.29, 0.717) is 17.1 Å². The van der Waals surface area contributed by atoms with Gasteiger partial charge in [0.2, 0.25) is 5.75 Å². The summed E-state index contributed by atoms with van der Waals surface area (Å²) in [6.07, 6.45) is 0. The van der Waals surface area contributed by atoms with Crippen LogP contribution in [0, 0.1) is 0 Å². The van der Waals surface area contributed by atoms with E-state index in [9.17, 15) is 15.3 Å². The average molecular weight is 345 g/mol. The number of hydrogen-bond acceptors (Lipinski definition) is 4. The second-order valence-electron chi connectivity index (χ2n) is 3.92. The second-order valence-corrected chi connectivity index (χ2v) is 5.19. The van der Waals surface area contributed by atoms with Crippen molar-refractivity contribution in [1.82, 2.24) is 0 Å². The highest BCUT2D eigenvalue weighted by Crippen LogP contribution is 2.37. The molecular formula is C13H11BrClNO3. The van der Waals surface area contributed by atoms with Gasteiger partial charge in [0.15, 0.2) is 11.5 Å². The minimum Gasteiger partial charge on any atom is -0.504 e. The van der Waals surface area contributed by atoms with Crippen LogP contribution < -0.4 is 5.32 Å². The van der Waals surface area contributed by atoms with E-state index in [0.717, 1.165) is 10.2 Å². The molecule has 6 heteroatoms. The van der Waals surface area contributed by atoms with Crippen molar-refractivity contribution in [2.24, 2.45) is 0 Å². The molecule has 0 spiro atoms. The topological polar surface area (TPSA) is 72.7 Å². The predicted molar refractivity (Wildman–Crippen MR) is 77.9 cm³/mol. The number of phenolic OH excluding ortho intramolecular Hbond substituents is 3. The lowest BCUT2D eigenvalue weighted by molar-refractivity contribution is 0.365. The van der Waals surface area contributed by atoms with E-state index in [2.05, 4.69) is 21.2 Å². The normalized spacial score (nSPS) is 10.4. The number of halogens is 2. The molecule has 0 atom stereocenters. The zero-order chi connectivity index (χ0) is 14.0. The molecule has 4 N–H and O–H groups in total. The summed E-state index contributed by atoms with van der Waals surface area (Å²) >= 11 is 9.20. The third-order valence-corrected chi connectivity index (χ3v) is 3.83. The SMILES string of the molecule is Oc1ccc(CNc2ccc(Cl)c(Br)c2)c(O)c1O. The van der Waals surface area contributed by atoms with Crippen molar-refractivity contribution >= 4 is 33.2 Å². The molecule has 19 heavy (non-hydrogen) atoms. The highest BCUT2D eigenvalue weighted by atomic mass is 79.9. The van der Waals surface area contributed by atoms with Crippen LogP contribution in [0.3, 0.4) is 0 Å². The van der Waals surface area contributed by atoms with E-state index in [1.165, 1.54) is 12.1 Å². The fourth-order valence-corrected chi connectivity index (χ4v) is 2.05. The molecule has 0 saturated heterocycles. The molecule has 0 aliphatic rings. The molecule has 0 fully saturated rings. The summed E-state index contributed by atoms with van der Waals surface area (Å²) in [6, 6.07) is 8.19. The Balaban J connectivity index is 2.14. The summed E-state index contributed by atoms with van der Waals surface area (Å²) in [7, 11) is 0. The van der Waals surface area contributed by atoms with Gasteiger partial charge >= 0.3 is 0 Å². The fraction of sp³-hybridized carbons (Fsp3) is 0.0769. The fourth-order valence-electron chi connectivity index (χ4n) is 1.56. The Hall–Kier alpha value is -1.59. The smallest absolute Gasteiger partial charge is 0.200 e. The molecule has 4 nitrogen and oxygen atoms in total. The summed E-state index contributed by atoms with van der Waals surface area (Å²) in [5.74, 6) is -1.20. The van der Waals surface area contributed by atoms with Crippen LogP contribution >= 0.6 is 27.5 Å². The number of phenols is 3. The molecule has 0 aromatic heterocycles. The van der Waals surface area contributed by atoms with Crippen LogP contribution in [0.4, 0.5) is 5.69 Å². The lowest BCUT2D eigenvalue weighted by Crippen LogP contribution is -1.99. The van der Waals surface area contributed by atoms with Crippen LogP contribution in [-0.4, -0.2) is 15.3 Å². The van der Waals surface area contributed by atoms with Gasteiger partial charge in [0.05, 0.1) is 5.02 Å². The van der Waals surface area contributed by atoms with E-state index >= 15 is 0 Å². The Kier molecular flexibility index (Phi) is 4.07. The number of nitrogens with one attached hydrogen (secondary N) is 1. The summed E-state index contributed by atoms with van der Waals surface area (Å²) in [5, 5.41) is 32.0. The Morgan fingerprint density at radius 1 is 1.05 bits per heavy atom.